The number of hydrogen-bond donors (Lipinski definition) is 2. The summed E-state index contributed by atoms with van der Waals surface area (Å²) < 4.78 is 0. The number of benzene rings is 1. The highest BCUT2D eigenvalue weighted by Crippen LogP contribution is 2.17. The number of rotatable bonds is 4. The number of nitrogens with two attached hydrogens (primary N) is 1. The summed E-state index contributed by atoms with van der Waals surface area (Å²) in [6, 6.07) is 9.47. The molecule has 3 N–H and O–H groups in total. The lowest BCUT2D eigenvalue weighted by Crippen LogP contribution is -2.40. The molecule has 3 nitrogen and oxygen atoms in total. The molecule has 0 spiro atoms. The van der Waals surface area contributed by atoms with Gasteiger partial charge in [0.25, 0.3) is 0 Å². The molecule has 1 saturated heterocycles. The first-order chi connectivity index (χ1) is 7.77. The minimum absolute atomic E-state index is 0. The Morgan fingerprint density at radius 1 is 1.18 bits per heavy atom. The van der Waals surface area contributed by atoms with Gasteiger partial charge in [-0.05, 0) is 31.5 Å². The molecular formula is C13H21ClN2O. The minimum atomic E-state index is -0.554. The van der Waals surface area contributed by atoms with E-state index >= 15 is 0 Å². The van der Waals surface area contributed by atoms with E-state index in [0.29, 0.717) is 0 Å². The standard InChI is InChI=1S/C13H20N2O.ClH/c14-12(10-15-8-4-5-9-15)13(16)11-6-2-1-3-7-11;/h1-3,6-7,12-13,16H,4-5,8-10,14H2;1H/t12-,13-;/m0./s1. The third-order valence-corrected chi connectivity index (χ3v) is 3.21. The van der Waals surface area contributed by atoms with Crippen molar-refractivity contribution < 1.29 is 5.11 Å². The SMILES string of the molecule is Cl.N[C@@H](CN1CCCC1)[C@@H](O)c1ccccc1. The summed E-state index contributed by atoms with van der Waals surface area (Å²) in [4.78, 5) is 2.33. The maximum atomic E-state index is 10.1. The Morgan fingerprint density at radius 2 is 1.76 bits per heavy atom. The van der Waals surface area contributed by atoms with E-state index in [4.69, 9.17) is 5.73 Å². The molecule has 0 aromatic heterocycles. The summed E-state index contributed by atoms with van der Waals surface area (Å²) in [5, 5.41) is 10.1. The molecule has 1 aliphatic heterocycles. The van der Waals surface area contributed by atoms with Crippen LogP contribution in [-0.4, -0.2) is 35.7 Å². The highest BCUT2D eigenvalue weighted by Gasteiger charge is 2.21. The van der Waals surface area contributed by atoms with Crippen molar-refractivity contribution in [3.05, 3.63) is 35.9 Å². The summed E-state index contributed by atoms with van der Waals surface area (Å²) in [5.74, 6) is 0. The molecule has 1 heterocycles. The van der Waals surface area contributed by atoms with Crippen molar-refractivity contribution in [1.29, 1.82) is 0 Å². The van der Waals surface area contributed by atoms with Crippen LogP contribution in [0.15, 0.2) is 30.3 Å². The highest BCUT2D eigenvalue weighted by atomic mass is 35.5. The summed E-state index contributed by atoms with van der Waals surface area (Å²) >= 11 is 0. The van der Waals surface area contributed by atoms with E-state index in [2.05, 4.69) is 4.90 Å². The molecule has 0 bridgehead atoms. The summed E-state index contributed by atoms with van der Waals surface area (Å²) in [6.07, 6.45) is 1.96. The first kappa shape index (κ1) is 14.5. The van der Waals surface area contributed by atoms with Crippen LogP contribution in [0, 0.1) is 0 Å². The van der Waals surface area contributed by atoms with Crippen molar-refractivity contribution >= 4 is 12.4 Å². The van der Waals surface area contributed by atoms with Crippen molar-refractivity contribution in [2.45, 2.75) is 25.0 Å². The lowest BCUT2D eigenvalue weighted by molar-refractivity contribution is 0.125. The van der Waals surface area contributed by atoms with Gasteiger partial charge in [0.1, 0.15) is 0 Å². The first-order valence-corrected chi connectivity index (χ1v) is 5.98. The van der Waals surface area contributed by atoms with E-state index in [1.54, 1.807) is 0 Å². The van der Waals surface area contributed by atoms with Crippen LogP contribution in [0.25, 0.3) is 0 Å². The van der Waals surface area contributed by atoms with Gasteiger partial charge in [-0.1, -0.05) is 30.3 Å². The number of aliphatic hydroxyl groups excluding tert-OH is 1. The molecule has 0 radical (unpaired) electrons. The summed E-state index contributed by atoms with van der Waals surface area (Å²) in [6.45, 7) is 3.03. The number of nitrogens with zero attached hydrogens (tertiary/aromatic N) is 1. The fraction of sp³-hybridized carbons (Fsp3) is 0.538. The molecule has 1 aromatic rings. The predicted molar refractivity (Wildman–Crippen MR) is 72.3 cm³/mol. The van der Waals surface area contributed by atoms with Crippen LogP contribution in [0.3, 0.4) is 0 Å². The van der Waals surface area contributed by atoms with Gasteiger partial charge in [0, 0.05) is 12.6 Å². The molecule has 1 aliphatic rings. The van der Waals surface area contributed by atoms with Crippen molar-refractivity contribution in [2.75, 3.05) is 19.6 Å². The van der Waals surface area contributed by atoms with Gasteiger partial charge in [-0.3, -0.25) is 0 Å². The van der Waals surface area contributed by atoms with Gasteiger partial charge < -0.3 is 15.7 Å². The van der Waals surface area contributed by atoms with E-state index in [0.717, 1.165) is 25.2 Å². The Kier molecular flexibility index (Phi) is 5.92. The lowest BCUT2D eigenvalue weighted by Gasteiger charge is -2.24. The Morgan fingerprint density at radius 3 is 2.35 bits per heavy atom. The smallest absolute Gasteiger partial charge is 0.0953 e. The van der Waals surface area contributed by atoms with Crippen molar-refractivity contribution in [1.82, 2.24) is 4.90 Å². The van der Waals surface area contributed by atoms with Gasteiger partial charge >= 0.3 is 0 Å². The number of hydrogen-bond acceptors (Lipinski definition) is 3. The lowest BCUT2D eigenvalue weighted by atomic mass is 10.0. The normalized spacial score (nSPS) is 19.6. The van der Waals surface area contributed by atoms with Gasteiger partial charge in [0.15, 0.2) is 0 Å². The van der Waals surface area contributed by atoms with Crippen molar-refractivity contribution in [3.8, 4) is 0 Å². The molecule has 1 aromatic carbocycles. The van der Waals surface area contributed by atoms with Crippen LogP contribution in [0.2, 0.25) is 0 Å². The molecule has 2 atom stereocenters. The maximum Gasteiger partial charge on any atom is 0.0953 e. The van der Waals surface area contributed by atoms with E-state index in [9.17, 15) is 5.11 Å². The van der Waals surface area contributed by atoms with Gasteiger partial charge in [-0.25, -0.2) is 0 Å². The fourth-order valence-electron chi connectivity index (χ4n) is 2.26. The first-order valence-electron chi connectivity index (χ1n) is 5.98. The second-order valence-corrected chi connectivity index (χ2v) is 4.53. The molecular weight excluding hydrogens is 236 g/mol. The third kappa shape index (κ3) is 3.96. The van der Waals surface area contributed by atoms with Crippen molar-refractivity contribution in [3.63, 3.8) is 0 Å². The Labute approximate surface area is 109 Å². The summed E-state index contributed by atoms with van der Waals surface area (Å²) in [5.41, 5.74) is 6.95. The maximum absolute atomic E-state index is 10.1. The van der Waals surface area contributed by atoms with E-state index in [1.165, 1.54) is 12.8 Å². The second kappa shape index (κ2) is 6.97. The molecule has 0 aliphatic carbocycles. The third-order valence-electron chi connectivity index (χ3n) is 3.21. The predicted octanol–water partition coefficient (Wildman–Crippen LogP) is 1.56. The second-order valence-electron chi connectivity index (χ2n) is 4.53. The average Bonchev–Trinajstić information content (AvgIpc) is 2.82. The number of likely N-dealkylation sites (tertiary alicyclic amines) is 1. The minimum Gasteiger partial charge on any atom is -0.387 e. The van der Waals surface area contributed by atoms with Gasteiger partial charge in [-0.15, -0.1) is 12.4 Å². The van der Waals surface area contributed by atoms with Crippen molar-refractivity contribution in [2.24, 2.45) is 5.73 Å². The molecule has 96 valence electrons. The van der Waals surface area contributed by atoms with Gasteiger partial charge in [0.05, 0.1) is 6.10 Å². The zero-order valence-corrected chi connectivity index (χ0v) is 10.8. The van der Waals surface area contributed by atoms with E-state index in [1.807, 2.05) is 30.3 Å². The largest absolute Gasteiger partial charge is 0.387 e. The van der Waals surface area contributed by atoms with Crippen LogP contribution >= 0.6 is 12.4 Å². The van der Waals surface area contributed by atoms with Gasteiger partial charge in [0.2, 0.25) is 0 Å². The van der Waals surface area contributed by atoms with Crippen LogP contribution in [0.1, 0.15) is 24.5 Å². The van der Waals surface area contributed by atoms with Crippen LogP contribution in [0.4, 0.5) is 0 Å². The quantitative estimate of drug-likeness (QED) is 0.860. The Balaban J connectivity index is 0.00000144. The fourth-order valence-corrected chi connectivity index (χ4v) is 2.26. The Hall–Kier alpha value is -0.610. The number of aliphatic hydroxyl groups is 1. The molecule has 4 heteroatoms. The Bertz CT molecular complexity index is 314. The van der Waals surface area contributed by atoms with Gasteiger partial charge in [-0.2, -0.15) is 0 Å². The van der Waals surface area contributed by atoms with Crippen LogP contribution in [-0.2, 0) is 0 Å². The molecule has 1 fully saturated rings. The van der Waals surface area contributed by atoms with Crippen LogP contribution in [0.5, 0.6) is 0 Å². The zero-order valence-electron chi connectivity index (χ0n) is 9.96. The molecule has 0 saturated carbocycles. The zero-order chi connectivity index (χ0) is 11.4. The molecule has 0 amide bonds. The molecule has 17 heavy (non-hydrogen) atoms. The van der Waals surface area contributed by atoms with E-state index < -0.39 is 6.10 Å². The molecule has 2 rings (SSSR count). The summed E-state index contributed by atoms with van der Waals surface area (Å²) in [7, 11) is 0. The molecule has 0 unspecified atom stereocenters. The number of halogens is 1. The average molecular weight is 257 g/mol. The topological polar surface area (TPSA) is 49.5 Å². The highest BCUT2D eigenvalue weighted by molar-refractivity contribution is 5.85. The van der Waals surface area contributed by atoms with Crippen LogP contribution < -0.4 is 5.73 Å². The monoisotopic (exact) mass is 256 g/mol. The van der Waals surface area contributed by atoms with E-state index in [-0.39, 0.29) is 18.4 Å².